The van der Waals surface area contributed by atoms with E-state index in [9.17, 15) is 9.59 Å². The van der Waals surface area contributed by atoms with Crippen molar-refractivity contribution in [1.82, 2.24) is 10.9 Å². The van der Waals surface area contributed by atoms with Gasteiger partial charge in [0.2, 0.25) is 0 Å². The summed E-state index contributed by atoms with van der Waals surface area (Å²) in [5.41, 5.74) is 4.92. The summed E-state index contributed by atoms with van der Waals surface area (Å²) in [7, 11) is 0. The third kappa shape index (κ3) is 5.95. The first-order valence-corrected chi connectivity index (χ1v) is 8.56. The van der Waals surface area contributed by atoms with Crippen LogP contribution in [0.3, 0.4) is 0 Å². The second kappa shape index (κ2) is 9.29. The third-order valence-electron chi connectivity index (χ3n) is 2.99. The molecule has 2 aromatic rings. The summed E-state index contributed by atoms with van der Waals surface area (Å²) in [6.07, 6.45) is 0. The lowest BCUT2D eigenvalue weighted by atomic mass is 10.2. The zero-order valence-electron chi connectivity index (χ0n) is 13.3. The Bertz CT molecular complexity index is 753. The van der Waals surface area contributed by atoms with Gasteiger partial charge in [0, 0.05) is 9.50 Å². The monoisotopic (exact) mass is 426 g/mol. The Morgan fingerprint density at radius 2 is 1.80 bits per heavy atom. The van der Waals surface area contributed by atoms with Gasteiger partial charge in [-0.3, -0.25) is 20.4 Å². The lowest BCUT2D eigenvalue weighted by Crippen LogP contribution is -2.43. The maximum absolute atomic E-state index is 12.2. The highest BCUT2D eigenvalue weighted by molar-refractivity contribution is 9.10. The van der Waals surface area contributed by atoms with Gasteiger partial charge < -0.3 is 9.47 Å². The summed E-state index contributed by atoms with van der Waals surface area (Å²) in [6.45, 7) is 1.99. The van der Waals surface area contributed by atoms with Crippen LogP contribution in [0.1, 0.15) is 17.3 Å². The minimum absolute atomic E-state index is 0.251. The van der Waals surface area contributed by atoms with Crippen molar-refractivity contribution in [2.75, 3.05) is 13.2 Å². The SMILES string of the molecule is CCOc1ccc(Br)cc1C(=O)NNC(=O)COc1ccc(Cl)cc1. The Morgan fingerprint density at radius 3 is 2.48 bits per heavy atom. The van der Waals surface area contributed by atoms with E-state index in [1.807, 2.05) is 6.92 Å². The second-order valence-electron chi connectivity index (χ2n) is 4.82. The molecule has 0 aliphatic heterocycles. The molecule has 2 rings (SSSR count). The fraction of sp³-hybridized carbons (Fsp3) is 0.176. The summed E-state index contributed by atoms with van der Waals surface area (Å²) < 4.78 is 11.4. The minimum atomic E-state index is -0.503. The predicted molar refractivity (Wildman–Crippen MR) is 97.9 cm³/mol. The average Bonchev–Trinajstić information content (AvgIpc) is 2.61. The maximum atomic E-state index is 12.2. The lowest BCUT2D eigenvalue weighted by Gasteiger charge is -2.12. The summed E-state index contributed by atoms with van der Waals surface area (Å²) in [6, 6.07) is 11.6. The topological polar surface area (TPSA) is 76.7 Å². The molecule has 2 aromatic carbocycles. The molecular weight excluding hydrogens is 412 g/mol. The number of hydrogen-bond acceptors (Lipinski definition) is 4. The van der Waals surface area contributed by atoms with Crippen molar-refractivity contribution in [3.8, 4) is 11.5 Å². The number of benzene rings is 2. The Labute approximate surface area is 158 Å². The molecular formula is C17H16BrClN2O4. The minimum Gasteiger partial charge on any atom is -0.493 e. The molecule has 0 aliphatic carbocycles. The van der Waals surface area contributed by atoms with Crippen molar-refractivity contribution in [2.24, 2.45) is 0 Å². The molecule has 25 heavy (non-hydrogen) atoms. The van der Waals surface area contributed by atoms with Crippen LogP contribution in [0.2, 0.25) is 5.02 Å². The Hall–Kier alpha value is -2.25. The van der Waals surface area contributed by atoms with E-state index in [2.05, 4.69) is 26.8 Å². The molecule has 8 heteroatoms. The molecule has 2 N–H and O–H groups in total. The van der Waals surface area contributed by atoms with Crippen LogP contribution in [0, 0.1) is 0 Å². The summed E-state index contributed by atoms with van der Waals surface area (Å²) in [5, 5.41) is 0.572. The molecule has 0 heterocycles. The van der Waals surface area contributed by atoms with Crippen LogP contribution < -0.4 is 20.3 Å². The standard InChI is InChI=1S/C17H16BrClN2O4/c1-2-24-15-8-3-11(18)9-14(15)17(23)21-20-16(22)10-25-13-6-4-12(19)5-7-13/h3-9H,2,10H2,1H3,(H,20,22)(H,21,23). The van der Waals surface area contributed by atoms with Gasteiger partial charge in [0.05, 0.1) is 12.2 Å². The van der Waals surface area contributed by atoms with Gasteiger partial charge in [-0.15, -0.1) is 0 Å². The van der Waals surface area contributed by atoms with Crippen LogP contribution in [0.25, 0.3) is 0 Å². The van der Waals surface area contributed by atoms with E-state index in [-0.39, 0.29) is 6.61 Å². The van der Waals surface area contributed by atoms with E-state index >= 15 is 0 Å². The Kier molecular flexibility index (Phi) is 7.09. The second-order valence-corrected chi connectivity index (χ2v) is 6.17. The largest absolute Gasteiger partial charge is 0.493 e. The highest BCUT2D eigenvalue weighted by Gasteiger charge is 2.14. The lowest BCUT2D eigenvalue weighted by molar-refractivity contribution is -0.123. The molecule has 2 amide bonds. The van der Waals surface area contributed by atoms with Gasteiger partial charge in [-0.25, -0.2) is 0 Å². The molecule has 0 atom stereocenters. The average molecular weight is 428 g/mol. The number of nitrogens with one attached hydrogen (secondary N) is 2. The van der Waals surface area contributed by atoms with Crippen LogP contribution >= 0.6 is 27.5 Å². The molecule has 0 fully saturated rings. The summed E-state index contributed by atoms with van der Waals surface area (Å²) >= 11 is 9.07. The van der Waals surface area contributed by atoms with Crippen molar-refractivity contribution >= 4 is 39.3 Å². The number of hydrogen-bond donors (Lipinski definition) is 2. The molecule has 0 saturated heterocycles. The Morgan fingerprint density at radius 1 is 1.08 bits per heavy atom. The summed E-state index contributed by atoms with van der Waals surface area (Å²) in [5.74, 6) is -0.0767. The van der Waals surface area contributed by atoms with Crippen molar-refractivity contribution in [3.05, 3.63) is 57.5 Å². The van der Waals surface area contributed by atoms with Crippen molar-refractivity contribution in [3.63, 3.8) is 0 Å². The molecule has 0 saturated carbocycles. The van der Waals surface area contributed by atoms with Crippen LogP contribution in [-0.4, -0.2) is 25.0 Å². The first-order chi connectivity index (χ1) is 12.0. The van der Waals surface area contributed by atoms with Crippen LogP contribution in [-0.2, 0) is 4.79 Å². The Balaban J connectivity index is 1.87. The van der Waals surface area contributed by atoms with E-state index in [0.29, 0.717) is 28.7 Å². The van der Waals surface area contributed by atoms with E-state index in [4.69, 9.17) is 21.1 Å². The van der Waals surface area contributed by atoms with Crippen LogP contribution in [0.15, 0.2) is 46.9 Å². The van der Waals surface area contributed by atoms with Gasteiger partial charge in [-0.05, 0) is 49.4 Å². The number of halogens is 2. The van der Waals surface area contributed by atoms with Gasteiger partial charge in [-0.1, -0.05) is 27.5 Å². The van der Waals surface area contributed by atoms with E-state index in [1.54, 1.807) is 42.5 Å². The predicted octanol–water partition coefficient (Wildman–Crippen LogP) is 3.34. The number of hydrazine groups is 1. The summed E-state index contributed by atoms with van der Waals surface area (Å²) in [4.78, 5) is 24.0. The van der Waals surface area contributed by atoms with Crippen LogP contribution in [0.4, 0.5) is 0 Å². The van der Waals surface area contributed by atoms with E-state index < -0.39 is 11.8 Å². The van der Waals surface area contributed by atoms with Crippen molar-refractivity contribution < 1.29 is 19.1 Å². The molecule has 0 unspecified atom stereocenters. The molecule has 132 valence electrons. The quantitative estimate of drug-likeness (QED) is 0.693. The fourth-order valence-electron chi connectivity index (χ4n) is 1.87. The third-order valence-corrected chi connectivity index (χ3v) is 3.73. The maximum Gasteiger partial charge on any atom is 0.276 e. The van der Waals surface area contributed by atoms with Crippen molar-refractivity contribution in [2.45, 2.75) is 6.92 Å². The first-order valence-electron chi connectivity index (χ1n) is 7.39. The van der Waals surface area contributed by atoms with Gasteiger partial charge >= 0.3 is 0 Å². The highest BCUT2D eigenvalue weighted by Crippen LogP contribution is 2.23. The van der Waals surface area contributed by atoms with Gasteiger partial charge in [0.25, 0.3) is 11.8 Å². The van der Waals surface area contributed by atoms with Gasteiger partial charge in [-0.2, -0.15) is 0 Å². The van der Waals surface area contributed by atoms with Gasteiger partial charge in [0.1, 0.15) is 11.5 Å². The molecule has 0 bridgehead atoms. The smallest absolute Gasteiger partial charge is 0.276 e. The zero-order chi connectivity index (χ0) is 18.2. The highest BCUT2D eigenvalue weighted by atomic mass is 79.9. The normalized spacial score (nSPS) is 10.0. The van der Waals surface area contributed by atoms with Gasteiger partial charge in [0.15, 0.2) is 6.61 Å². The van der Waals surface area contributed by atoms with Crippen molar-refractivity contribution in [1.29, 1.82) is 0 Å². The first kappa shape index (κ1) is 19.1. The number of carbonyl (C=O) groups excluding carboxylic acids is 2. The molecule has 0 aliphatic rings. The van der Waals surface area contributed by atoms with Crippen LogP contribution in [0.5, 0.6) is 11.5 Å². The fourth-order valence-corrected chi connectivity index (χ4v) is 2.36. The molecule has 6 nitrogen and oxygen atoms in total. The molecule has 0 radical (unpaired) electrons. The van der Waals surface area contributed by atoms with E-state index in [1.165, 1.54) is 0 Å². The number of rotatable bonds is 6. The van der Waals surface area contributed by atoms with E-state index in [0.717, 1.165) is 4.47 Å². The number of amides is 2. The molecule has 0 spiro atoms. The molecule has 0 aromatic heterocycles. The number of carbonyl (C=O) groups is 2. The zero-order valence-corrected chi connectivity index (χ0v) is 15.7. The number of ether oxygens (including phenoxy) is 2.